The van der Waals surface area contributed by atoms with Crippen LogP contribution < -0.4 is 5.73 Å². The number of fused-ring (bicyclic) bond motifs is 1. The molecule has 62 valence electrons. The molecule has 0 radical (unpaired) electrons. The molecule has 0 spiro atoms. The van der Waals surface area contributed by atoms with Crippen molar-refractivity contribution in [2.45, 2.75) is 0 Å². The summed E-state index contributed by atoms with van der Waals surface area (Å²) in [5.74, 6) is -0.229. The molecule has 0 bridgehead atoms. The molecular formula is C8H5BrFNS. The minimum Gasteiger partial charge on any atom is -0.397 e. The Labute approximate surface area is 81.1 Å². The molecule has 0 aliphatic rings. The van der Waals surface area contributed by atoms with Crippen LogP contribution in [0.1, 0.15) is 0 Å². The number of nitrogens with two attached hydrogens (primary N) is 1. The van der Waals surface area contributed by atoms with Crippen molar-refractivity contribution in [3.8, 4) is 0 Å². The molecule has 1 heterocycles. The molecule has 1 aromatic carbocycles. The summed E-state index contributed by atoms with van der Waals surface area (Å²) in [5.41, 5.74) is 6.34. The second-order valence-corrected chi connectivity index (χ2v) is 4.19. The van der Waals surface area contributed by atoms with Crippen LogP contribution in [0.15, 0.2) is 22.0 Å². The van der Waals surface area contributed by atoms with Crippen LogP contribution >= 0.6 is 27.3 Å². The highest BCUT2D eigenvalue weighted by Gasteiger charge is 2.08. The van der Waals surface area contributed by atoms with Gasteiger partial charge >= 0.3 is 0 Å². The van der Waals surface area contributed by atoms with Crippen molar-refractivity contribution in [2.24, 2.45) is 0 Å². The first kappa shape index (κ1) is 8.01. The van der Waals surface area contributed by atoms with Gasteiger partial charge in [0.15, 0.2) is 0 Å². The maximum absolute atomic E-state index is 13.2. The summed E-state index contributed by atoms with van der Waals surface area (Å²) >= 11 is 4.64. The van der Waals surface area contributed by atoms with E-state index >= 15 is 0 Å². The Morgan fingerprint density at radius 1 is 1.50 bits per heavy atom. The molecule has 0 fully saturated rings. The maximum Gasteiger partial charge on any atom is 0.133 e. The monoisotopic (exact) mass is 245 g/mol. The SMILES string of the molecule is Nc1c(Br)cc(F)c2ccsc12. The standard InChI is InChI=1S/C8H5BrFNS/c9-5-3-6(10)4-1-2-12-8(4)7(5)11/h1-3H,11H2. The molecule has 0 amide bonds. The van der Waals surface area contributed by atoms with E-state index in [-0.39, 0.29) is 5.82 Å². The van der Waals surface area contributed by atoms with Crippen molar-refractivity contribution in [2.75, 3.05) is 5.73 Å². The second kappa shape index (κ2) is 2.71. The van der Waals surface area contributed by atoms with Gasteiger partial charge in [0.25, 0.3) is 0 Å². The summed E-state index contributed by atoms with van der Waals surface area (Å²) in [6.07, 6.45) is 0. The summed E-state index contributed by atoms with van der Waals surface area (Å²) in [6.45, 7) is 0. The summed E-state index contributed by atoms with van der Waals surface area (Å²) in [4.78, 5) is 0. The summed E-state index contributed by atoms with van der Waals surface area (Å²) in [5, 5.41) is 2.43. The molecule has 0 unspecified atom stereocenters. The Bertz CT molecular complexity index is 438. The average Bonchev–Trinajstić information content (AvgIpc) is 2.48. The quantitative estimate of drug-likeness (QED) is 0.708. The van der Waals surface area contributed by atoms with Crippen molar-refractivity contribution >= 4 is 43.0 Å². The molecule has 4 heteroatoms. The Hall–Kier alpha value is -0.610. The molecule has 2 rings (SSSR count). The van der Waals surface area contributed by atoms with Crippen LogP contribution in [-0.2, 0) is 0 Å². The van der Waals surface area contributed by atoms with Crippen LogP contribution in [-0.4, -0.2) is 0 Å². The number of hydrogen-bond donors (Lipinski definition) is 1. The lowest BCUT2D eigenvalue weighted by Gasteiger charge is -2.00. The normalized spacial score (nSPS) is 10.8. The number of nitrogen functional groups attached to an aromatic ring is 1. The lowest BCUT2D eigenvalue weighted by Crippen LogP contribution is -1.88. The number of anilines is 1. The minimum absolute atomic E-state index is 0.229. The fourth-order valence-corrected chi connectivity index (χ4v) is 2.48. The predicted octanol–water partition coefficient (Wildman–Crippen LogP) is 3.39. The van der Waals surface area contributed by atoms with E-state index in [4.69, 9.17) is 5.73 Å². The van der Waals surface area contributed by atoms with E-state index in [1.54, 1.807) is 6.07 Å². The lowest BCUT2D eigenvalue weighted by molar-refractivity contribution is 0.639. The van der Waals surface area contributed by atoms with Crippen LogP contribution in [0.4, 0.5) is 10.1 Å². The summed E-state index contributed by atoms with van der Waals surface area (Å²) in [7, 11) is 0. The molecule has 2 aromatic rings. The third-order valence-corrected chi connectivity index (χ3v) is 3.28. The number of rotatable bonds is 0. The van der Waals surface area contributed by atoms with Crippen LogP contribution in [0.25, 0.3) is 10.1 Å². The van der Waals surface area contributed by atoms with Gasteiger partial charge < -0.3 is 5.73 Å². The highest BCUT2D eigenvalue weighted by Crippen LogP contribution is 2.34. The van der Waals surface area contributed by atoms with E-state index in [9.17, 15) is 4.39 Å². The van der Waals surface area contributed by atoms with Gasteiger partial charge in [0.05, 0.1) is 10.4 Å². The van der Waals surface area contributed by atoms with E-state index in [0.717, 1.165) is 4.70 Å². The van der Waals surface area contributed by atoms with Crippen molar-refractivity contribution in [1.29, 1.82) is 0 Å². The number of hydrogen-bond acceptors (Lipinski definition) is 2. The van der Waals surface area contributed by atoms with Crippen molar-refractivity contribution < 1.29 is 4.39 Å². The van der Waals surface area contributed by atoms with Gasteiger partial charge in [0.2, 0.25) is 0 Å². The maximum atomic E-state index is 13.2. The molecule has 0 aliphatic heterocycles. The van der Waals surface area contributed by atoms with E-state index in [2.05, 4.69) is 15.9 Å². The molecule has 0 saturated carbocycles. The Kier molecular flexibility index (Phi) is 1.81. The predicted molar refractivity (Wildman–Crippen MR) is 53.9 cm³/mol. The van der Waals surface area contributed by atoms with Gasteiger partial charge in [-0.15, -0.1) is 11.3 Å². The van der Waals surface area contributed by atoms with Gasteiger partial charge in [0.1, 0.15) is 5.82 Å². The van der Waals surface area contributed by atoms with Crippen LogP contribution in [0, 0.1) is 5.82 Å². The Balaban J connectivity index is 2.97. The van der Waals surface area contributed by atoms with Gasteiger partial charge in [-0.1, -0.05) is 0 Å². The Morgan fingerprint density at radius 2 is 2.25 bits per heavy atom. The zero-order valence-corrected chi connectivity index (χ0v) is 8.38. The second-order valence-electron chi connectivity index (χ2n) is 2.42. The molecule has 1 nitrogen and oxygen atoms in total. The first-order valence-electron chi connectivity index (χ1n) is 3.31. The Morgan fingerprint density at radius 3 is 3.00 bits per heavy atom. The van der Waals surface area contributed by atoms with Gasteiger partial charge in [-0.2, -0.15) is 0 Å². The van der Waals surface area contributed by atoms with Crippen molar-refractivity contribution in [3.05, 3.63) is 27.8 Å². The van der Waals surface area contributed by atoms with E-state index < -0.39 is 0 Å². The van der Waals surface area contributed by atoms with Gasteiger partial charge in [-0.25, -0.2) is 4.39 Å². The van der Waals surface area contributed by atoms with E-state index in [1.165, 1.54) is 17.4 Å². The highest BCUT2D eigenvalue weighted by molar-refractivity contribution is 9.10. The summed E-state index contributed by atoms with van der Waals surface area (Å²) in [6, 6.07) is 3.13. The van der Waals surface area contributed by atoms with Crippen LogP contribution in [0.3, 0.4) is 0 Å². The van der Waals surface area contributed by atoms with Gasteiger partial charge in [-0.05, 0) is 33.4 Å². The largest absolute Gasteiger partial charge is 0.397 e. The number of halogens is 2. The third-order valence-electron chi connectivity index (χ3n) is 1.68. The van der Waals surface area contributed by atoms with Crippen molar-refractivity contribution in [1.82, 2.24) is 0 Å². The van der Waals surface area contributed by atoms with Crippen LogP contribution in [0.5, 0.6) is 0 Å². The fourth-order valence-electron chi connectivity index (χ4n) is 1.08. The minimum atomic E-state index is -0.229. The van der Waals surface area contributed by atoms with E-state index in [0.29, 0.717) is 15.5 Å². The molecule has 12 heavy (non-hydrogen) atoms. The fraction of sp³-hybridized carbons (Fsp3) is 0. The zero-order valence-electron chi connectivity index (χ0n) is 5.97. The summed E-state index contributed by atoms with van der Waals surface area (Å²) < 4.78 is 14.6. The smallest absolute Gasteiger partial charge is 0.133 e. The molecule has 0 saturated heterocycles. The first-order valence-corrected chi connectivity index (χ1v) is 4.98. The molecule has 0 aliphatic carbocycles. The molecule has 0 atom stereocenters. The van der Waals surface area contributed by atoms with Gasteiger partial charge in [0, 0.05) is 9.86 Å². The highest BCUT2D eigenvalue weighted by atomic mass is 79.9. The number of benzene rings is 1. The third kappa shape index (κ3) is 1.03. The van der Waals surface area contributed by atoms with Gasteiger partial charge in [-0.3, -0.25) is 0 Å². The molecular weight excluding hydrogens is 241 g/mol. The molecule has 1 aromatic heterocycles. The first-order chi connectivity index (χ1) is 5.70. The van der Waals surface area contributed by atoms with E-state index in [1.807, 2.05) is 5.38 Å². The molecule has 2 N–H and O–H groups in total. The topological polar surface area (TPSA) is 26.0 Å². The van der Waals surface area contributed by atoms with Crippen LogP contribution in [0.2, 0.25) is 0 Å². The zero-order chi connectivity index (χ0) is 8.72. The number of thiophene rings is 1. The average molecular weight is 246 g/mol. The lowest BCUT2D eigenvalue weighted by atomic mass is 10.2. The van der Waals surface area contributed by atoms with Crippen molar-refractivity contribution in [3.63, 3.8) is 0 Å².